The lowest BCUT2D eigenvalue weighted by Crippen LogP contribution is -2.37. The van der Waals surface area contributed by atoms with Crippen LogP contribution < -0.4 is 0 Å². The molecular formula is C18H20N4O3. The number of hydrogen-bond acceptors (Lipinski definition) is 4. The normalized spacial score (nSPS) is 25.2. The van der Waals surface area contributed by atoms with Gasteiger partial charge in [-0.15, -0.1) is 5.10 Å². The molecule has 1 aliphatic heterocycles. The first-order chi connectivity index (χ1) is 12.0. The average molecular weight is 340 g/mol. The van der Waals surface area contributed by atoms with Crippen molar-refractivity contribution in [1.82, 2.24) is 19.9 Å². The molecule has 1 N–H and O–H groups in total. The lowest BCUT2D eigenvalue weighted by Gasteiger charge is -2.22. The van der Waals surface area contributed by atoms with Crippen molar-refractivity contribution in [3.63, 3.8) is 0 Å². The van der Waals surface area contributed by atoms with Gasteiger partial charge in [-0.25, -0.2) is 4.68 Å². The third-order valence-corrected chi connectivity index (χ3v) is 5.59. The number of carbonyl (C=O) groups is 2. The first-order valence-corrected chi connectivity index (χ1v) is 8.52. The van der Waals surface area contributed by atoms with Crippen LogP contribution in [-0.4, -0.2) is 50.0 Å². The zero-order valence-corrected chi connectivity index (χ0v) is 14.1. The summed E-state index contributed by atoms with van der Waals surface area (Å²) in [5.74, 6) is -0.983. The Morgan fingerprint density at radius 3 is 2.72 bits per heavy atom. The van der Waals surface area contributed by atoms with Gasteiger partial charge in [-0.2, -0.15) is 0 Å². The minimum absolute atomic E-state index is 0.0427. The van der Waals surface area contributed by atoms with Crippen LogP contribution in [0.5, 0.6) is 0 Å². The van der Waals surface area contributed by atoms with Crippen LogP contribution >= 0.6 is 0 Å². The van der Waals surface area contributed by atoms with E-state index in [2.05, 4.69) is 10.3 Å². The lowest BCUT2D eigenvalue weighted by molar-refractivity contribution is -0.149. The summed E-state index contributed by atoms with van der Waals surface area (Å²) in [6.45, 7) is 2.76. The van der Waals surface area contributed by atoms with E-state index in [9.17, 15) is 14.7 Å². The van der Waals surface area contributed by atoms with E-state index in [4.69, 9.17) is 0 Å². The molecule has 0 unspecified atom stereocenters. The quantitative estimate of drug-likeness (QED) is 0.922. The monoisotopic (exact) mass is 340 g/mol. The molecule has 25 heavy (non-hydrogen) atoms. The van der Waals surface area contributed by atoms with Gasteiger partial charge < -0.3 is 10.0 Å². The van der Waals surface area contributed by atoms with E-state index in [-0.39, 0.29) is 24.1 Å². The fourth-order valence-corrected chi connectivity index (χ4v) is 4.14. The second-order valence-electron chi connectivity index (χ2n) is 7.12. The Labute approximate surface area is 145 Å². The van der Waals surface area contributed by atoms with Crippen LogP contribution in [0, 0.1) is 18.3 Å². The molecule has 2 heterocycles. The van der Waals surface area contributed by atoms with Crippen LogP contribution in [0.15, 0.2) is 30.5 Å². The molecular weight excluding hydrogens is 320 g/mol. The molecule has 2 aliphatic rings. The number of rotatable bonds is 3. The van der Waals surface area contributed by atoms with Gasteiger partial charge in [0.05, 0.1) is 17.3 Å². The topological polar surface area (TPSA) is 88.3 Å². The number of benzene rings is 1. The van der Waals surface area contributed by atoms with E-state index < -0.39 is 11.4 Å². The van der Waals surface area contributed by atoms with Gasteiger partial charge in [-0.05, 0) is 37.8 Å². The average Bonchev–Trinajstić information content (AvgIpc) is 3.29. The van der Waals surface area contributed by atoms with E-state index in [1.165, 1.54) is 0 Å². The number of fused-ring (bicyclic) bond motifs is 1. The predicted octanol–water partition coefficient (Wildman–Crippen LogP) is 1.90. The van der Waals surface area contributed by atoms with Gasteiger partial charge in [0.1, 0.15) is 0 Å². The maximum atomic E-state index is 12.8. The number of carbonyl (C=O) groups excluding carboxylic acids is 1. The van der Waals surface area contributed by atoms with Crippen LogP contribution in [0.1, 0.15) is 35.3 Å². The molecule has 130 valence electrons. The second kappa shape index (κ2) is 5.68. The fourth-order valence-electron chi connectivity index (χ4n) is 4.14. The van der Waals surface area contributed by atoms with Crippen molar-refractivity contribution < 1.29 is 14.7 Å². The highest BCUT2D eigenvalue weighted by Gasteiger charge is 2.56. The number of amides is 1. The molecule has 1 aromatic heterocycles. The third-order valence-electron chi connectivity index (χ3n) is 5.59. The molecule has 0 bridgehead atoms. The standard InChI is InChI=1S/C18H20N4O3/c1-12-4-6-14(7-5-12)22-10-15(19-20-22)16(23)21-9-13-3-2-8-18(13,11-21)17(24)25/h4-7,10,13H,2-3,8-9,11H2,1H3,(H,24,25)/t13-,18+/m0/s1. The SMILES string of the molecule is Cc1ccc(-n2cc(C(=O)N3C[C@@H]4CCC[C@@]4(C(=O)O)C3)nn2)cc1. The van der Waals surface area contributed by atoms with Crippen molar-refractivity contribution >= 4 is 11.9 Å². The van der Waals surface area contributed by atoms with Gasteiger partial charge in [0.2, 0.25) is 0 Å². The lowest BCUT2D eigenvalue weighted by atomic mass is 9.81. The second-order valence-corrected chi connectivity index (χ2v) is 7.12. The summed E-state index contributed by atoms with van der Waals surface area (Å²) in [6.07, 6.45) is 4.04. The van der Waals surface area contributed by atoms with E-state index in [1.807, 2.05) is 31.2 Å². The fraction of sp³-hybridized carbons (Fsp3) is 0.444. The number of aromatic nitrogens is 3. The molecule has 4 rings (SSSR count). The Kier molecular flexibility index (Phi) is 3.59. The summed E-state index contributed by atoms with van der Waals surface area (Å²) in [5, 5.41) is 17.7. The molecule has 7 nitrogen and oxygen atoms in total. The van der Waals surface area contributed by atoms with Gasteiger partial charge in [0, 0.05) is 13.1 Å². The smallest absolute Gasteiger partial charge is 0.311 e. The Balaban J connectivity index is 1.55. The van der Waals surface area contributed by atoms with Crippen molar-refractivity contribution in [3.05, 3.63) is 41.7 Å². The van der Waals surface area contributed by atoms with Crippen LogP contribution in [0.25, 0.3) is 5.69 Å². The van der Waals surface area contributed by atoms with Crippen molar-refractivity contribution in [3.8, 4) is 5.69 Å². The minimum atomic E-state index is -0.784. The maximum absolute atomic E-state index is 12.8. The molecule has 2 atom stereocenters. The third kappa shape index (κ3) is 2.50. The van der Waals surface area contributed by atoms with Crippen molar-refractivity contribution in [1.29, 1.82) is 0 Å². The van der Waals surface area contributed by atoms with Crippen LogP contribution in [-0.2, 0) is 4.79 Å². The number of aryl methyl sites for hydroxylation is 1. The number of nitrogens with zero attached hydrogens (tertiary/aromatic N) is 4. The van der Waals surface area contributed by atoms with Crippen molar-refractivity contribution in [2.24, 2.45) is 11.3 Å². The number of carboxylic acids is 1. The molecule has 1 saturated carbocycles. The number of likely N-dealkylation sites (tertiary alicyclic amines) is 1. The van der Waals surface area contributed by atoms with Gasteiger partial charge >= 0.3 is 5.97 Å². The predicted molar refractivity (Wildman–Crippen MR) is 89.4 cm³/mol. The first-order valence-electron chi connectivity index (χ1n) is 8.52. The summed E-state index contributed by atoms with van der Waals surface area (Å²) in [6, 6.07) is 7.77. The van der Waals surface area contributed by atoms with Gasteiger partial charge in [0.15, 0.2) is 5.69 Å². The zero-order valence-electron chi connectivity index (χ0n) is 14.1. The largest absolute Gasteiger partial charge is 0.481 e. The summed E-state index contributed by atoms with van der Waals surface area (Å²) in [5.41, 5.74) is 1.45. The highest BCUT2D eigenvalue weighted by atomic mass is 16.4. The number of hydrogen-bond donors (Lipinski definition) is 1. The van der Waals surface area contributed by atoms with Gasteiger partial charge in [-0.1, -0.05) is 29.3 Å². The van der Waals surface area contributed by atoms with Crippen LogP contribution in [0.3, 0.4) is 0 Å². The van der Waals surface area contributed by atoms with Crippen molar-refractivity contribution in [2.75, 3.05) is 13.1 Å². The summed E-state index contributed by atoms with van der Waals surface area (Å²) >= 11 is 0. The summed E-state index contributed by atoms with van der Waals surface area (Å²) in [7, 11) is 0. The van der Waals surface area contributed by atoms with Gasteiger partial charge in [-0.3, -0.25) is 9.59 Å². The molecule has 0 radical (unpaired) electrons. The Morgan fingerprint density at radius 1 is 1.28 bits per heavy atom. The van der Waals surface area contributed by atoms with E-state index >= 15 is 0 Å². The number of aliphatic carboxylic acids is 1. The molecule has 1 amide bonds. The van der Waals surface area contributed by atoms with E-state index in [0.717, 1.165) is 24.1 Å². The van der Waals surface area contributed by atoms with E-state index in [0.29, 0.717) is 13.0 Å². The molecule has 2 fully saturated rings. The molecule has 1 saturated heterocycles. The first kappa shape index (κ1) is 15.8. The van der Waals surface area contributed by atoms with Crippen LogP contribution in [0.2, 0.25) is 0 Å². The molecule has 2 aromatic rings. The van der Waals surface area contributed by atoms with Gasteiger partial charge in [0.25, 0.3) is 5.91 Å². The van der Waals surface area contributed by atoms with E-state index in [1.54, 1.807) is 15.8 Å². The highest BCUT2D eigenvalue weighted by molar-refractivity contribution is 5.93. The van der Waals surface area contributed by atoms with Crippen LogP contribution in [0.4, 0.5) is 0 Å². The number of carboxylic acid groups (broad SMARTS) is 1. The maximum Gasteiger partial charge on any atom is 0.311 e. The molecule has 1 aromatic carbocycles. The Bertz CT molecular complexity index is 829. The molecule has 1 aliphatic carbocycles. The summed E-state index contributed by atoms with van der Waals surface area (Å²) in [4.78, 5) is 26.1. The minimum Gasteiger partial charge on any atom is -0.481 e. The molecule has 7 heteroatoms. The highest BCUT2D eigenvalue weighted by Crippen LogP contribution is 2.49. The van der Waals surface area contributed by atoms with Crippen molar-refractivity contribution in [2.45, 2.75) is 26.2 Å². The zero-order chi connectivity index (χ0) is 17.6. The Hall–Kier alpha value is -2.70. The summed E-state index contributed by atoms with van der Waals surface area (Å²) < 4.78 is 1.57. The molecule has 0 spiro atoms. The Morgan fingerprint density at radius 2 is 2.04 bits per heavy atom.